The summed E-state index contributed by atoms with van der Waals surface area (Å²) in [6, 6.07) is 12.2. The Bertz CT molecular complexity index is 835. The van der Waals surface area contributed by atoms with Crippen LogP contribution in [0.15, 0.2) is 47.0 Å². The van der Waals surface area contributed by atoms with Gasteiger partial charge in [0.1, 0.15) is 17.0 Å². The summed E-state index contributed by atoms with van der Waals surface area (Å²) in [7, 11) is 0. The normalized spacial score (nSPS) is 14.6. The number of fused-ring (bicyclic) bond motifs is 1. The minimum absolute atomic E-state index is 0.757. The Labute approximate surface area is 148 Å². The number of hydrogen-bond acceptors (Lipinski definition) is 4. The van der Waals surface area contributed by atoms with Crippen LogP contribution in [-0.2, 0) is 6.54 Å². The minimum atomic E-state index is 0.757. The lowest BCUT2D eigenvalue weighted by atomic mass is 10.1. The Balaban J connectivity index is 1.50. The molecule has 4 rings (SSSR count). The number of rotatable bonds is 7. The molecular formula is C21H24N2O2. The van der Waals surface area contributed by atoms with Gasteiger partial charge in [-0.3, -0.25) is 9.88 Å². The predicted molar refractivity (Wildman–Crippen MR) is 99.7 cm³/mol. The monoisotopic (exact) mass is 336 g/mol. The van der Waals surface area contributed by atoms with E-state index in [1.165, 1.54) is 25.1 Å². The van der Waals surface area contributed by atoms with Crippen molar-refractivity contribution in [2.24, 2.45) is 0 Å². The van der Waals surface area contributed by atoms with E-state index in [0.717, 1.165) is 54.2 Å². The van der Waals surface area contributed by atoms with Crippen LogP contribution in [0.5, 0.6) is 5.75 Å². The topological polar surface area (TPSA) is 38.5 Å². The number of pyridine rings is 1. The first-order valence-electron chi connectivity index (χ1n) is 9.16. The highest BCUT2D eigenvalue weighted by molar-refractivity contribution is 5.83. The Morgan fingerprint density at radius 2 is 2.08 bits per heavy atom. The molecule has 1 saturated heterocycles. The van der Waals surface area contributed by atoms with E-state index in [1.807, 2.05) is 36.5 Å². The van der Waals surface area contributed by atoms with Gasteiger partial charge in [-0.15, -0.1) is 0 Å². The molecule has 3 heterocycles. The van der Waals surface area contributed by atoms with Gasteiger partial charge < -0.3 is 9.15 Å². The quantitative estimate of drug-likeness (QED) is 0.576. The molecule has 0 unspecified atom stereocenters. The van der Waals surface area contributed by atoms with Crippen LogP contribution >= 0.6 is 0 Å². The molecular weight excluding hydrogens is 312 g/mol. The SMILES string of the molecule is CCCCOc1ccc2oc(-c3ccc(CN4CCC4)cn3)cc2c1. The standard InChI is InChI=1S/C21H24N2O2/c1-2-3-11-24-18-6-8-20-17(12-18)13-21(25-20)19-7-5-16(14-22-19)15-23-9-4-10-23/h5-8,12-14H,2-4,9-11,15H2,1H3. The third kappa shape index (κ3) is 3.69. The van der Waals surface area contributed by atoms with E-state index >= 15 is 0 Å². The molecule has 0 spiro atoms. The van der Waals surface area contributed by atoms with Gasteiger partial charge in [0.25, 0.3) is 0 Å². The zero-order valence-electron chi connectivity index (χ0n) is 14.7. The van der Waals surface area contributed by atoms with Gasteiger partial charge in [-0.1, -0.05) is 19.4 Å². The molecule has 130 valence electrons. The molecule has 1 fully saturated rings. The summed E-state index contributed by atoms with van der Waals surface area (Å²) in [5.74, 6) is 1.70. The fourth-order valence-corrected chi connectivity index (χ4v) is 3.03. The average Bonchev–Trinajstić information content (AvgIpc) is 3.02. The van der Waals surface area contributed by atoms with Gasteiger partial charge in [-0.25, -0.2) is 0 Å². The third-order valence-corrected chi connectivity index (χ3v) is 4.69. The zero-order chi connectivity index (χ0) is 17.1. The summed E-state index contributed by atoms with van der Waals surface area (Å²) >= 11 is 0. The van der Waals surface area contributed by atoms with Gasteiger partial charge in [-0.05, 0) is 61.8 Å². The summed E-state index contributed by atoms with van der Waals surface area (Å²) in [5, 5.41) is 1.05. The maximum Gasteiger partial charge on any atom is 0.153 e. The van der Waals surface area contributed by atoms with Crippen molar-refractivity contribution >= 4 is 11.0 Å². The molecule has 25 heavy (non-hydrogen) atoms. The Morgan fingerprint density at radius 3 is 2.80 bits per heavy atom. The number of hydrogen-bond donors (Lipinski definition) is 0. The van der Waals surface area contributed by atoms with E-state index in [0.29, 0.717) is 0 Å². The first-order chi connectivity index (χ1) is 12.3. The van der Waals surface area contributed by atoms with Crippen LogP contribution in [0.4, 0.5) is 0 Å². The molecule has 0 amide bonds. The second-order valence-electron chi connectivity index (χ2n) is 6.69. The van der Waals surface area contributed by atoms with Gasteiger partial charge in [0.15, 0.2) is 5.76 Å². The zero-order valence-corrected chi connectivity index (χ0v) is 14.7. The second-order valence-corrected chi connectivity index (χ2v) is 6.69. The largest absolute Gasteiger partial charge is 0.494 e. The first kappa shape index (κ1) is 16.2. The van der Waals surface area contributed by atoms with Crippen LogP contribution in [0, 0.1) is 0 Å². The van der Waals surface area contributed by atoms with Crippen molar-refractivity contribution in [3.8, 4) is 17.2 Å². The van der Waals surface area contributed by atoms with Crippen molar-refractivity contribution in [3.63, 3.8) is 0 Å². The van der Waals surface area contributed by atoms with Crippen LogP contribution in [0.25, 0.3) is 22.4 Å². The third-order valence-electron chi connectivity index (χ3n) is 4.69. The fraction of sp³-hybridized carbons (Fsp3) is 0.381. The smallest absolute Gasteiger partial charge is 0.153 e. The number of aromatic nitrogens is 1. The van der Waals surface area contributed by atoms with E-state index in [-0.39, 0.29) is 0 Å². The molecule has 3 aromatic rings. The van der Waals surface area contributed by atoms with E-state index in [9.17, 15) is 0 Å². The van der Waals surface area contributed by atoms with E-state index in [2.05, 4.69) is 22.9 Å². The van der Waals surface area contributed by atoms with Gasteiger partial charge in [-0.2, -0.15) is 0 Å². The van der Waals surface area contributed by atoms with Crippen LogP contribution in [-0.4, -0.2) is 29.6 Å². The van der Waals surface area contributed by atoms with Crippen LogP contribution < -0.4 is 4.74 Å². The van der Waals surface area contributed by atoms with E-state index in [4.69, 9.17) is 9.15 Å². The summed E-state index contributed by atoms with van der Waals surface area (Å²) in [6.07, 6.45) is 5.48. The number of unbranched alkanes of at least 4 members (excludes halogenated alkanes) is 1. The van der Waals surface area contributed by atoms with Gasteiger partial charge in [0.05, 0.1) is 6.61 Å². The predicted octanol–water partition coefficient (Wildman–Crippen LogP) is 4.88. The fourth-order valence-electron chi connectivity index (χ4n) is 3.03. The molecule has 0 aliphatic carbocycles. The molecule has 4 nitrogen and oxygen atoms in total. The first-order valence-corrected chi connectivity index (χ1v) is 9.16. The molecule has 0 atom stereocenters. The van der Waals surface area contributed by atoms with E-state index < -0.39 is 0 Å². The molecule has 0 N–H and O–H groups in total. The second kappa shape index (κ2) is 7.28. The Kier molecular flexibility index (Phi) is 4.70. The number of furan rings is 1. The van der Waals surface area contributed by atoms with Crippen LogP contribution in [0.2, 0.25) is 0 Å². The van der Waals surface area contributed by atoms with Gasteiger partial charge in [0.2, 0.25) is 0 Å². The molecule has 0 radical (unpaired) electrons. The lowest BCUT2D eigenvalue weighted by molar-refractivity contribution is 0.172. The van der Waals surface area contributed by atoms with Crippen molar-refractivity contribution in [1.29, 1.82) is 0 Å². The maximum absolute atomic E-state index is 5.96. The van der Waals surface area contributed by atoms with Crippen molar-refractivity contribution in [2.75, 3.05) is 19.7 Å². The molecule has 1 aliphatic heterocycles. The highest BCUT2D eigenvalue weighted by Crippen LogP contribution is 2.29. The summed E-state index contributed by atoms with van der Waals surface area (Å²) in [4.78, 5) is 7.02. The van der Waals surface area contributed by atoms with Crippen molar-refractivity contribution in [3.05, 3.63) is 48.2 Å². The molecule has 1 aromatic carbocycles. The van der Waals surface area contributed by atoms with Gasteiger partial charge in [0, 0.05) is 18.1 Å². The van der Waals surface area contributed by atoms with Gasteiger partial charge >= 0.3 is 0 Å². The molecule has 1 aliphatic rings. The summed E-state index contributed by atoms with van der Waals surface area (Å²) in [5.41, 5.74) is 2.99. The molecule has 2 aromatic heterocycles. The van der Waals surface area contributed by atoms with Crippen molar-refractivity contribution in [2.45, 2.75) is 32.7 Å². The van der Waals surface area contributed by atoms with Crippen molar-refractivity contribution in [1.82, 2.24) is 9.88 Å². The Hall–Kier alpha value is -2.33. The van der Waals surface area contributed by atoms with Crippen LogP contribution in [0.1, 0.15) is 31.7 Å². The molecule has 0 bridgehead atoms. The summed E-state index contributed by atoms with van der Waals surface area (Å²) < 4.78 is 11.7. The number of ether oxygens (including phenoxy) is 1. The lowest BCUT2D eigenvalue weighted by Crippen LogP contribution is -2.36. The highest BCUT2D eigenvalue weighted by atomic mass is 16.5. The average molecular weight is 336 g/mol. The number of likely N-dealkylation sites (tertiary alicyclic amines) is 1. The molecule has 0 saturated carbocycles. The van der Waals surface area contributed by atoms with Crippen molar-refractivity contribution < 1.29 is 9.15 Å². The van der Waals surface area contributed by atoms with E-state index in [1.54, 1.807) is 0 Å². The Morgan fingerprint density at radius 1 is 1.16 bits per heavy atom. The minimum Gasteiger partial charge on any atom is -0.494 e. The lowest BCUT2D eigenvalue weighted by Gasteiger charge is -2.30. The maximum atomic E-state index is 5.96. The highest BCUT2D eigenvalue weighted by Gasteiger charge is 2.14. The molecule has 4 heteroatoms. The number of benzene rings is 1. The number of nitrogens with zero attached hydrogens (tertiary/aromatic N) is 2. The summed E-state index contributed by atoms with van der Waals surface area (Å²) in [6.45, 7) is 6.32. The van der Waals surface area contributed by atoms with Crippen LogP contribution in [0.3, 0.4) is 0 Å².